The van der Waals surface area contributed by atoms with E-state index in [-0.39, 0.29) is 24.2 Å². The fraction of sp³-hybridized carbons (Fsp3) is 0.500. The number of hydrogen-bond acceptors (Lipinski definition) is 4. The molecule has 0 bridgehead atoms. The number of benzene rings is 1. The van der Waals surface area contributed by atoms with Crippen LogP contribution in [0.25, 0.3) is 0 Å². The van der Waals surface area contributed by atoms with Crippen LogP contribution in [-0.2, 0) is 25.5 Å². The molecule has 1 N–H and O–H groups in total. The maximum Gasteiger partial charge on any atom is 0.305 e. The Morgan fingerprint density at radius 2 is 2.00 bits per heavy atom. The van der Waals surface area contributed by atoms with Crippen molar-refractivity contribution < 1.29 is 19.1 Å². The molecule has 0 radical (unpaired) electrons. The van der Waals surface area contributed by atoms with E-state index in [9.17, 15) is 14.4 Å². The first-order valence-corrected chi connectivity index (χ1v) is 8.29. The van der Waals surface area contributed by atoms with Crippen molar-refractivity contribution in [2.45, 2.75) is 38.1 Å². The highest BCUT2D eigenvalue weighted by Crippen LogP contribution is 2.19. The van der Waals surface area contributed by atoms with Gasteiger partial charge in [-0.25, -0.2) is 0 Å². The predicted octanol–water partition coefficient (Wildman–Crippen LogP) is 1.29. The molecule has 1 heterocycles. The zero-order valence-corrected chi connectivity index (χ0v) is 14.0. The number of carbonyl (C=O) groups is 3. The zero-order chi connectivity index (χ0) is 17.4. The Hall–Kier alpha value is -2.37. The summed E-state index contributed by atoms with van der Waals surface area (Å²) in [7, 11) is 1.34. The largest absolute Gasteiger partial charge is 0.469 e. The van der Waals surface area contributed by atoms with E-state index < -0.39 is 6.04 Å². The highest BCUT2D eigenvalue weighted by molar-refractivity contribution is 5.89. The quantitative estimate of drug-likeness (QED) is 0.603. The van der Waals surface area contributed by atoms with E-state index in [2.05, 4.69) is 10.1 Å². The minimum absolute atomic E-state index is 0.0200. The van der Waals surface area contributed by atoms with Gasteiger partial charge in [0.25, 0.3) is 0 Å². The van der Waals surface area contributed by atoms with Crippen LogP contribution in [0.4, 0.5) is 0 Å². The van der Waals surface area contributed by atoms with Gasteiger partial charge in [0.1, 0.15) is 6.04 Å². The molecule has 130 valence electrons. The van der Waals surface area contributed by atoms with Gasteiger partial charge in [0.05, 0.1) is 13.5 Å². The summed E-state index contributed by atoms with van der Waals surface area (Å²) in [5, 5.41) is 2.81. The molecule has 1 aliphatic heterocycles. The molecule has 2 amide bonds. The molecule has 1 aliphatic rings. The van der Waals surface area contributed by atoms with Crippen molar-refractivity contribution in [3.8, 4) is 0 Å². The van der Waals surface area contributed by atoms with Gasteiger partial charge in [0, 0.05) is 19.5 Å². The second kappa shape index (κ2) is 9.05. The molecule has 1 aromatic carbocycles. The van der Waals surface area contributed by atoms with Crippen molar-refractivity contribution in [2.24, 2.45) is 0 Å². The summed E-state index contributed by atoms with van der Waals surface area (Å²) in [4.78, 5) is 37.5. The fourth-order valence-corrected chi connectivity index (χ4v) is 2.87. The Kier molecular flexibility index (Phi) is 6.78. The van der Waals surface area contributed by atoms with Crippen LogP contribution >= 0.6 is 0 Å². The SMILES string of the molecule is COC(=O)CCCNC(=O)C1CCCN1C(=O)Cc1ccccc1. The fourth-order valence-electron chi connectivity index (χ4n) is 2.87. The van der Waals surface area contributed by atoms with Crippen LogP contribution in [-0.4, -0.2) is 48.9 Å². The van der Waals surface area contributed by atoms with Crippen molar-refractivity contribution in [3.05, 3.63) is 35.9 Å². The summed E-state index contributed by atoms with van der Waals surface area (Å²) >= 11 is 0. The Morgan fingerprint density at radius 1 is 1.25 bits per heavy atom. The molecular formula is C18H24N2O4. The number of ether oxygens (including phenoxy) is 1. The molecule has 1 aromatic rings. The van der Waals surface area contributed by atoms with Crippen LogP contribution in [0.15, 0.2) is 30.3 Å². The third-order valence-corrected chi connectivity index (χ3v) is 4.16. The molecule has 0 aromatic heterocycles. The number of nitrogens with zero attached hydrogens (tertiary/aromatic N) is 1. The summed E-state index contributed by atoms with van der Waals surface area (Å²) in [6.07, 6.45) is 2.64. The van der Waals surface area contributed by atoms with E-state index in [1.165, 1.54) is 7.11 Å². The first kappa shape index (κ1) is 18.0. The van der Waals surface area contributed by atoms with Crippen molar-refractivity contribution >= 4 is 17.8 Å². The average molecular weight is 332 g/mol. The highest BCUT2D eigenvalue weighted by atomic mass is 16.5. The van der Waals surface area contributed by atoms with Gasteiger partial charge in [-0.15, -0.1) is 0 Å². The number of likely N-dealkylation sites (tertiary alicyclic amines) is 1. The second-order valence-electron chi connectivity index (χ2n) is 5.88. The van der Waals surface area contributed by atoms with Gasteiger partial charge >= 0.3 is 5.97 Å². The number of nitrogens with one attached hydrogen (secondary N) is 1. The zero-order valence-electron chi connectivity index (χ0n) is 14.0. The monoisotopic (exact) mass is 332 g/mol. The maximum atomic E-state index is 12.5. The third kappa shape index (κ3) is 5.08. The molecule has 1 saturated heterocycles. The number of amides is 2. The molecule has 1 unspecified atom stereocenters. The van der Waals surface area contributed by atoms with Crippen LogP contribution in [0.3, 0.4) is 0 Å². The van der Waals surface area contributed by atoms with Crippen molar-refractivity contribution in [2.75, 3.05) is 20.2 Å². The Bertz CT molecular complexity index is 574. The molecule has 24 heavy (non-hydrogen) atoms. The van der Waals surface area contributed by atoms with Gasteiger partial charge in [0.15, 0.2) is 0 Å². The van der Waals surface area contributed by atoms with E-state index in [4.69, 9.17) is 0 Å². The summed E-state index contributed by atoms with van der Waals surface area (Å²) < 4.78 is 4.56. The average Bonchev–Trinajstić information content (AvgIpc) is 3.09. The number of methoxy groups -OCH3 is 1. The van der Waals surface area contributed by atoms with E-state index in [0.717, 1.165) is 12.0 Å². The van der Waals surface area contributed by atoms with Crippen LogP contribution in [0.2, 0.25) is 0 Å². The molecule has 2 rings (SSSR count). The number of hydrogen-bond donors (Lipinski definition) is 1. The standard InChI is InChI=1S/C18H24N2O4/c1-24-17(22)10-5-11-19-18(23)15-9-6-12-20(15)16(21)13-14-7-3-2-4-8-14/h2-4,7-8,15H,5-6,9-13H2,1H3,(H,19,23). The Labute approximate surface area is 142 Å². The summed E-state index contributed by atoms with van der Waals surface area (Å²) in [5.74, 6) is -0.447. The molecule has 1 atom stereocenters. The molecule has 0 spiro atoms. The minimum atomic E-state index is -0.403. The van der Waals surface area contributed by atoms with Gasteiger partial charge in [-0.05, 0) is 24.8 Å². The van der Waals surface area contributed by atoms with Crippen LogP contribution in [0, 0.1) is 0 Å². The lowest BCUT2D eigenvalue weighted by atomic mass is 10.1. The lowest BCUT2D eigenvalue weighted by molar-refractivity contribution is -0.140. The lowest BCUT2D eigenvalue weighted by Crippen LogP contribution is -2.46. The third-order valence-electron chi connectivity index (χ3n) is 4.16. The Balaban J connectivity index is 1.82. The first-order valence-electron chi connectivity index (χ1n) is 8.29. The van der Waals surface area contributed by atoms with Crippen molar-refractivity contribution in [3.63, 3.8) is 0 Å². The summed E-state index contributed by atoms with van der Waals surface area (Å²) in [5.41, 5.74) is 0.951. The van der Waals surface area contributed by atoms with Gasteiger partial charge < -0.3 is 15.0 Å². The molecule has 0 saturated carbocycles. The normalized spacial score (nSPS) is 16.7. The van der Waals surface area contributed by atoms with Crippen LogP contribution in [0.1, 0.15) is 31.2 Å². The van der Waals surface area contributed by atoms with E-state index in [1.807, 2.05) is 30.3 Å². The highest BCUT2D eigenvalue weighted by Gasteiger charge is 2.33. The van der Waals surface area contributed by atoms with Crippen LogP contribution in [0.5, 0.6) is 0 Å². The molecule has 6 heteroatoms. The molecule has 6 nitrogen and oxygen atoms in total. The lowest BCUT2D eigenvalue weighted by Gasteiger charge is -2.24. The number of carbonyl (C=O) groups excluding carboxylic acids is 3. The van der Waals surface area contributed by atoms with Crippen LogP contribution < -0.4 is 5.32 Å². The molecule has 0 aliphatic carbocycles. The first-order chi connectivity index (χ1) is 11.6. The van der Waals surface area contributed by atoms with E-state index in [0.29, 0.717) is 32.4 Å². The predicted molar refractivity (Wildman–Crippen MR) is 89.1 cm³/mol. The second-order valence-corrected chi connectivity index (χ2v) is 5.88. The number of esters is 1. The van der Waals surface area contributed by atoms with Gasteiger partial charge in [-0.2, -0.15) is 0 Å². The van der Waals surface area contributed by atoms with Crippen molar-refractivity contribution in [1.29, 1.82) is 0 Å². The van der Waals surface area contributed by atoms with E-state index in [1.54, 1.807) is 4.90 Å². The van der Waals surface area contributed by atoms with Gasteiger partial charge in [-0.3, -0.25) is 14.4 Å². The van der Waals surface area contributed by atoms with Crippen molar-refractivity contribution in [1.82, 2.24) is 10.2 Å². The minimum Gasteiger partial charge on any atom is -0.469 e. The molecule has 1 fully saturated rings. The van der Waals surface area contributed by atoms with Gasteiger partial charge in [-0.1, -0.05) is 30.3 Å². The maximum absolute atomic E-state index is 12.5. The summed E-state index contributed by atoms with van der Waals surface area (Å²) in [6.45, 7) is 1.02. The van der Waals surface area contributed by atoms with Gasteiger partial charge in [0.2, 0.25) is 11.8 Å². The topological polar surface area (TPSA) is 75.7 Å². The smallest absolute Gasteiger partial charge is 0.305 e. The molecular weight excluding hydrogens is 308 g/mol. The number of rotatable bonds is 7. The van der Waals surface area contributed by atoms with E-state index >= 15 is 0 Å². The Morgan fingerprint density at radius 3 is 2.71 bits per heavy atom. The summed E-state index contributed by atoms with van der Waals surface area (Å²) in [6, 6.07) is 9.13.